The maximum absolute atomic E-state index is 12.7. The first-order chi connectivity index (χ1) is 14.8. The molecule has 2 aromatic rings. The molecule has 31 heavy (non-hydrogen) atoms. The molecular weight excluding hydrogens is 409 g/mol. The van der Waals surface area contributed by atoms with Gasteiger partial charge in [-0.2, -0.15) is 13.2 Å². The van der Waals surface area contributed by atoms with Crippen molar-refractivity contribution in [1.29, 1.82) is 0 Å². The van der Waals surface area contributed by atoms with Crippen molar-refractivity contribution < 1.29 is 18.0 Å². The van der Waals surface area contributed by atoms with Crippen LogP contribution >= 0.6 is 0 Å². The van der Waals surface area contributed by atoms with Crippen LogP contribution in [0.1, 0.15) is 42.2 Å². The third-order valence-electron chi connectivity index (χ3n) is 5.93. The molecular formula is C21H25F3N6O. The number of rotatable bonds is 3. The Morgan fingerprint density at radius 1 is 0.968 bits per heavy atom. The summed E-state index contributed by atoms with van der Waals surface area (Å²) in [5.74, 6) is 1.33. The summed E-state index contributed by atoms with van der Waals surface area (Å²) in [6, 6.07) is 6.43. The Bertz CT molecular complexity index is 895. The van der Waals surface area contributed by atoms with E-state index < -0.39 is 11.9 Å². The maximum Gasteiger partial charge on any atom is 0.433 e. The number of alkyl halides is 3. The van der Waals surface area contributed by atoms with Crippen molar-refractivity contribution >= 4 is 17.5 Å². The van der Waals surface area contributed by atoms with Gasteiger partial charge in [-0.3, -0.25) is 9.78 Å². The number of carbonyl (C=O) groups excluding carboxylic acids is 1. The Morgan fingerprint density at radius 3 is 2.26 bits per heavy atom. The molecule has 1 amide bonds. The van der Waals surface area contributed by atoms with Gasteiger partial charge in [0.05, 0.1) is 5.56 Å². The highest BCUT2D eigenvalue weighted by Gasteiger charge is 2.32. The third-order valence-corrected chi connectivity index (χ3v) is 5.93. The lowest BCUT2D eigenvalue weighted by atomic mass is 10.0. The van der Waals surface area contributed by atoms with Crippen molar-refractivity contribution in [3.63, 3.8) is 0 Å². The molecule has 0 radical (unpaired) electrons. The Kier molecular flexibility index (Phi) is 5.97. The summed E-state index contributed by atoms with van der Waals surface area (Å²) in [4.78, 5) is 22.0. The number of piperazine rings is 1. The van der Waals surface area contributed by atoms with Crippen molar-refractivity contribution in [2.24, 2.45) is 0 Å². The minimum absolute atomic E-state index is 0.154. The normalized spacial score (nSPS) is 20.1. The average molecular weight is 434 g/mol. The fraction of sp³-hybridized carbons (Fsp3) is 0.524. The van der Waals surface area contributed by atoms with Crippen molar-refractivity contribution in [3.8, 4) is 0 Å². The van der Waals surface area contributed by atoms with E-state index in [1.54, 1.807) is 4.90 Å². The smallest absolute Gasteiger partial charge is 0.352 e. The Labute approximate surface area is 178 Å². The molecule has 10 heteroatoms. The maximum atomic E-state index is 12.7. The van der Waals surface area contributed by atoms with Gasteiger partial charge in [0, 0.05) is 45.0 Å². The van der Waals surface area contributed by atoms with Gasteiger partial charge in [0.25, 0.3) is 5.91 Å². The second-order valence-electron chi connectivity index (χ2n) is 8.00. The van der Waals surface area contributed by atoms with Gasteiger partial charge >= 0.3 is 6.18 Å². The van der Waals surface area contributed by atoms with E-state index in [1.807, 2.05) is 12.1 Å². The number of carbonyl (C=O) groups is 1. The first-order valence-corrected chi connectivity index (χ1v) is 10.5. The van der Waals surface area contributed by atoms with E-state index in [-0.39, 0.29) is 11.5 Å². The molecule has 0 spiro atoms. The van der Waals surface area contributed by atoms with Gasteiger partial charge in [-0.05, 0) is 50.5 Å². The van der Waals surface area contributed by atoms with Crippen LogP contribution < -0.4 is 9.80 Å². The number of amides is 1. The molecule has 0 saturated carbocycles. The van der Waals surface area contributed by atoms with Crippen LogP contribution in [0.5, 0.6) is 0 Å². The summed E-state index contributed by atoms with van der Waals surface area (Å²) in [7, 11) is 0. The topological polar surface area (TPSA) is 65.5 Å². The molecule has 0 aliphatic carbocycles. The molecule has 2 aliphatic heterocycles. The van der Waals surface area contributed by atoms with Crippen LogP contribution in [0.15, 0.2) is 30.5 Å². The zero-order valence-corrected chi connectivity index (χ0v) is 17.3. The third kappa shape index (κ3) is 4.72. The van der Waals surface area contributed by atoms with Crippen LogP contribution in [0.2, 0.25) is 0 Å². The van der Waals surface area contributed by atoms with Crippen LogP contribution in [0.3, 0.4) is 0 Å². The van der Waals surface area contributed by atoms with E-state index in [0.717, 1.165) is 43.3 Å². The van der Waals surface area contributed by atoms with Crippen LogP contribution in [-0.2, 0) is 6.18 Å². The minimum Gasteiger partial charge on any atom is -0.352 e. The summed E-state index contributed by atoms with van der Waals surface area (Å²) in [5.41, 5.74) is -0.851. The number of nitrogens with zero attached hydrogens (tertiary/aromatic N) is 6. The van der Waals surface area contributed by atoms with Crippen LogP contribution in [0, 0.1) is 0 Å². The number of aromatic nitrogens is 3. The lowest BCUT2D eigenvalue weighted by molar-refractivity contribution is -0.141. The zero-order valence-electron chi connectivity index (χ0n) is 17.3. The lowest BCUT2D eigenvalue weighted by Crippen LogP contribution is -2.49. The van der Waals surface area contributed by atoms with Crippen LogP contribution in [-0.4, -0.2) is 64.8 Å². The minimum atomic E-state index is -4.52. The Morgan fingerprint density at radius 2 is 1.68 bits per heavy atom. The molecule has 2 fully saturated rings. The van der Waals surface area contributed by atoms with Gasteiger partial charge in [-0.25, -0.2) is 0 Å². The SMILES string of the molecule is CC1CCCCN1c1ccc(N2CCN(C(=O)c3ccc(C(F)(F)F)nc3)CC2)nn1. The molecule has 0 aromatic carbocycles. The van der Waals surface area contributed by atoms with Crippen LogP contribution in [0.25, 0.3) is 0 Å². The van der Waals surface area contributed by atoms with Gasteiger partial charge in [0.15, 0.2) is 11.6 Å². The van der Waals surface area contributed by atoms with Gasteiger partial charge in [-0.1, -0.05) is 0 Å². The number of piperidine rings is 1. The largest absolute Gasteiger partial charge is 0.433 e. The lowest BCUT2D eigenvalue weighted by Gasteiger charge is -2.36. The predicted octanol–water partition coefficient (Wildman–Crippen LogP) is 3.23. The number of halogens is 3. The van der Waals surface area contributed by atoms with E-state index in [9.17, 15) is 18.0 Å². The molecule has 4 heterocycles. The summed E-state index contributed by atoms with van der Waals surface area (Å²) >= 11 is 0. The summed E-state index contributed by atoms with van der Waals surface area (Å²) in [5, 5.41) is 8.80. The molecule has 2 aliphatic rings. The van der Waals surface area contributed by atoms with Crippen LogP contribution in [0.4, 0.5) is 24.8 Å². The number of hydrogen-bond donors (Lipinski definition) is 0. The monoisotopic (exact) mass is 434 g/mol. The van der Waals surface area contributed by atoms with Crippen molar-refractivity contribution in [3.05, 3.63) is 41.7 Å². The predicted molar refractivity (Wildman–Crippen MR) is 110 cm³/mol. The van der Waals surface area contributed by atoms with Crippen molar-refractivity contribution in [2.45, 2.75) is 38.4 Å². The zero-order chi connectivity index (χ0) is 22.0. The van der Waals surface area contributed by atoms with Gasteiger partial charge in [0.2, 0.25) is 0 Å². The molecule has 2 saturated heterocycles. The van der Waals surface area contributed by atoms with E-state index in [0.29, 0.717) is 32.2 Å². The molecule has 0 bridgehead atoms. The molecule has 166 valence electrons. The standard InChI is InChI=1S/C21H25F3N6O/c1-15-4-2-3-9-30(15)19-8-7-18(26-27-19)28-10-12-29(13-11-28)20(31)16-5-6-17(25-14-16)21(22,23)24/h5-8,14-15H,2-4,9-13H2,1H3. The quantitative estimate of drug-likeness (QED) is 0.739. The highest BCUT2D eigenvalue weighted by Crippen LogP contribution is 2.27. The highest BCUT2D eigenvalue weighted by molar-refractivity contribution is 5.94. The summed E-state index contributed by atoms with van der Waals surface area (Å²) in [6.45, 7) is 5.26. The summed E-state index contributed by atoms with van der Waals surface area (Å²) < 4.78 is 38.0. The number of hydrogen-bond acceptors (Lipinski definition) is 6. The molecule has 1 atom stereocenters. The van der Waals surface area contributed by atoms with E-state index in [1.165, 1.54) is 12.5 Å². The van der Waals surface area contributed by atoms with E-state index in [2.05, 4.69) is 31.9 Å². The molecule has 2 aromatic heterocycles. The van der Waals surface area contributed by atoms with Crippen molar-refractivity contribution in [2.75, 3.05) is 42.5 Å². The molecule has 4 rings (SSSR count). The fourth-order valence-electron chi connectivity index (χ4n) is 4.09. The fourth-order valence-corrected chi connectivity index (χ4v) is 4.09. The van der Waals surface area contributed by atoms with E-state index in [4.69, 9.17) is 0 Å². The Balaban J connectivity index is 1.34. The van der Waals surface area contributed by atoms with Crippen molar-refractivity contribution in [1.82, 2.24) is 20.1 Å². The second-order valence-corrected chi connectivity index (χ2v) is 8.00. The number of anilines is 2. The van der Waals surface area contributed by atoms with Gasteiger partial charge < -0.3 is 14.7 Å². The van der Waals surface area contributed by atoms with Gasteiger partial charge in [-0.15, -0.1) is 10.2 Å². The second kappa shape index (κ2) is 8.68. The first-order valence-electron chi connectivity index (χ1n) is 10.5. The number of pyridine rings is 1. The molecule has 1 unspecified atom stereocenters. The van der Waals surface area contributed by atoms with Gasteiger partial charge in [0.1, 0.15) is 5.69 Å². The molecule has 0 N–H and O–H groups in total. The summed E-state index contributed by atoms with van der Waals surface area (Å²) in [6.07, 6.45) is 0.0416. The Hall–Kier alpha value is -2.91. The highest BCUT2D eigenvalue weighted by atomic mass is 19.4. The average Bonchev–Trinajstić information content (AvgIpc) is 2.79. The van der Waals surface area contributed by atoms with E-state index >= 15 is 0 Å². The first kappa shape index (κ1) is 21.3. The molecule has 7 nitrogen and oxygen atoms in total.